The lowest BCUT2D eigenvalue weighted by atomic mass is 9.84. The molecule has 4 rings (SSSR count). The monoisotopic (exact) mass is 483 g/mol. The molecule has 0 aromatic heterocycles. The van der Waals surface area contributed by atoms with Crippen molar-refractivity contribution in [1.82, 2.24) is 4.90 Å². The molecular formula is C28H38ClN3O2. The summed E-state index contributed by atoms with van der Waals surface area (Å²) in [5.41, 5.74) is 3.68. The van der Waals surface area contributed by atoms with Gasteiger partial charge in [-0.2, -0.15) is 0 Å². The lowest BCUT2D eigenvalue weighted by molar-refractivity contribution is -0.115. The van der Waals surface area contributed by atoms with E-state index in [1.165, 1.54) is 32.1 Å². The van der Waals surface area contributed by atoms with Gasteiger partial charge in [-0.25, -0.2) is 0 Å². The number of halogens is 1. The van der Waals surface area contributed by atoms with Crippen molar-refractivity contribution < 1.29 is 9.90 Å². The molecule has 2 fully saturated rings. The Labute approximate surface area is 209 Å². The molecular weight excluding hydrogens is 446 g/mol. The molecule has 2 aromatic rings. The first kappa shape index (κ1) is 24.9. The minimum absolute atomic E-state index is 0.0744. The lowest BCUT2D eigenvalue weighted by Gasteiger charge is -2.36. The summed E-state index contributed by atoms with van der Waals surface area (Å²) in [5, 5.41) is 14.2. The second kappa shape index (κ2) is 11.9. The van der Waals surface area contributed by atoms with Gasteiger partial charge in [0.05, 0.1) is 17.1 Å². The highest BCUT2D eigenvalue weighted by Gasteiger charge is 2.20. The van der Waals surface area contributed by atoms with E-state index in [1.807, 2.05) is 30.3 Å². The van der Waals surface area contributed by atoms with Crippen molar-refractivity contribution in [2.45, 2.75) is 64.2 Å². The summed E-state index contributed by atoms with van der Waals surface area (Å²) in [6, 6.07) is 11.4. The number of rotatable bonds is 6. The molecule has 0 radical (unpaired) electrons. The lowest BCUT2D eigenvalue weighted by Crippen LogP contribution is -2.46. The summed E-state index contributed by atoms with van der Waals surface area (Å²) in [7, 11) is 0. The van der Waals surface area contributed by atoms with Crippen molar-refractivity contribution in [3.8, 4) is 5.75 Å². The molecule has 0 spiro atoms. The number of aromatic hydroxyl groups is 1. The SMILES string of the molecule is CCN1CCN(c2ccc(NC(=O)Cc3ccc(O)c(C4CCCCCCC4)c3)cc2Cl)CC1. The second-order valence-corrected chi connectivity index (χ2v) is 10.2. The first-order valence-corrected chi connectivity index (χ1v) is 13.3. The van der Waals surface area contributed by atoms with Crippen LogP contribution in [0.1, 0.15) is 68.9 Å². The number of hydrogen-bond acceptors (Lipinski definition) is 4. The van der Waals surface area contributed by atoms with Gasteiger partial charge in [0.1, 0.15) is 5.75 Å². The minimum atomic E-state index is -0.0744. The van der Waals surface area contributed by atoms with Gasteiger partial charge >= 0.3 is 0 Å². The largest absolute Gasteiger partial charge is 0.508 e. The molecule has 2 aromatic carbocycles. The molecule has 5 nitrogen and oxygen atoms in total. The van der Waals surface area contributed by atoms with Crippen molar-refractivity contribution in [3.63, 3.8) is 0 Å². The van der Waals surface area contributed by atoms with Gasteiger partial charge in [-0.05, 0) is 60.7 Å². The van der Waals surface area contributed by atoms with Crippen molar-refractivity contribution in [3.05, 3.63) is 52.5 Å². The third-order valence-corrected chi connectivity index (χ3v) is 7.70. The van der Waals surface area contributed by atoms with Crippen LogP contribution in [0.5, 0.6) is 5.75 Å². The summed E-state index contributed by atoms with van der Waals surface area (Å²) >= 11 is 6.59. The second-order valence-electron chi connectivity index (χ2n) is 9.75. The molecule has 0 bridgehead atoms. The number of nitrogens with one attached hydrogen (secondary N) is 1. The summed E-state index contributed by atoms with van der Waals surface area (Å²) in [6.07, 6.45) is 8.78. The third-order valence-electron chi connectivity index (χ3n) is 7.39. The van der Waals surface area contributed by atoms with E-state index in [0.717, 1.165) is 62.4 Å². The van der Waals surface area contributed by atoms with E-state index in [1.54, 1.807) is 6.07 Å². The summed E-state index contributed by atoms with van der Waals surface area (Å²) in [4.78, 5) is 17.5. The van der Waals surface area contributed by atoms with Crippen LogP contribution in [0.2, 0.25) is 5.02 Å². The Hall–Kier alpha value is -2.24. The van der Waals surface area contributed by atoms with Gasteiger partial charge < -0.3 is 20.2 Å². The van der Waals surface area contributed by atoms with Crippen molar-refractivity contribution in [1.29, 1.82) is 0 Å². The summed E-state index contributed by atoms with van der Waals surface area (Å²) < 4.78 is 0. The van der Waals surface area contributed by atoms with E-state index >= 15 is 0 Å². The van der Waals surface area contributed by atoms with Crippen LogP contribution >= 0.6 is 11.6 Å². The Morgan fingerprint density at radius 3 is 2.38 bits per heavy atom. The van der Waals surface area contributed by atoms with Gasteiger partial charge in [0.25, 0.3) is 0 Å². The zero-order valence-electron chi connectivity index (χ0n) is 20.4. The quantitative estimate of drug-likeness (QED) is 0.513. The molecule has 6 heteroatoms. The van der Waals surface area contributed by atoms with Crippen LogP contribution in [0.15, 0.2) is 36.4 Å². The van der Waals surface area contributed by atoms with E-state index in [2.05, 4.69) is 22.0 Å². The van der Waals surface area contributed by atoms with Crippen LogP contribution in [0, 0.1) is 0 Å². The van der Waals surface area contributed by atoms with E-state index in [4.69, 9.17) is 11.6 Å². The topological polar surface area (TPSA) is 55.8 Å². The van der Waals surface area contributed by atoms with Gasteiger partial charge in [-0.1, -0.05) is 62.8 Å². The zero-order chi connectivity index (χ0) is 23.9. The van der Waals surface area contributed by atoms with Gasteiger partial charge in [0.15, 0.2) is 0 Å². The van der Waals surface area contributed by atoms with Crippen molar-refractivity contribution in [2.75, 3.05) is 42.9 Å². The Kier molecular flexibility index (Phi) is 8.74. The molecule has 1 saturated carbocycles. The molecule has 2 N–H and O–H groups in total. The fraction of sp³-hybridized carbons (Fsp3) is 0.536. The number of hydrogen-bond donors (Lipinski definition) is 2. The fourth-order valence-electron chi connectivity index (χ4n) is 5.34. The molecule has 1 aliphatic carbocycles. The van der Waals surface area contributed by atoms with E-state index < -0.39 is 0 Å². The van der Waals surface area contributed by atoms with Crippen LogP contribution in [-0.4, -0.2) is 48.6 Å². The Morgan fingerprint density at radius 1 is 1.00 bits per heavy atom. The van der Waals surface area contributed by atoms with Crippen LogP contribution in [0.3, 0.4) is 0 Å². The number of nitrogens with zero attached hydrogens (tertiary/aromatic N) is 2. The van der Waals surface area contributed by atoms with Crippen molar-refractivity contribution in [2.24, 2.45) is 0 Å². The minimum Gasteiger partial charge on any atom is -0.508 e. The number of piperazine rings is 1. The van der Waals surface area contributed by atoms with Gasteiger partial charge in [-0.3, -0.25) is 4.79 Å². The molecule has 1 aliphatic heterocycles. The van der Waals surface area contributed by atoms with Gasteiger partial charge in [0.2, 0.25) is 5.91 Å². The molecule has 0 unspecified atom stereocenters. The summed E-state index contributed by atoms with van der Waals surface area (Å²) in [6.45, 7) is 7.28. The maximum Gasteiger partial charge on any atom is 0.228 e. The van der Waals surface area contributed by atoms with Gasteiger partial charge in [-0.15, -0.1) is 0 Å². The number of likely N-dealkylation sites (N-methyl/N-ethyl adjacent to an activating group) is 1. The van der Waals surface area contributed by atoms with Crippen LogP contribution in [-0.2, 0) is 11.2 Å². The number of anilines is 2. The molecule has 34 heavy (non-hydrogen) atoms. The number of amides is 1. The predicted octanol–water partition coefficient (Wildman–Crippen LogP) is 6.20. The molecule has 2 aliphatic rings. The number of benzene rings is 2. The Balaban J connectivity index is 1.37. The molecule has 0 atom stereocenters. The number of phenols is 1. The first-order valence-electron chi connectivity index (χ1n) is 12.9. The maximum atomic E-state index is 12.8. The highest BCUT2D eigenvalue weighted by Crippen LogP contribution is 2.36. The zero-order valence-corrected chi connectivity index (χ0v) is 21.1. The molecule has 1 heterocycles. The van der Waals surface area contributed by atoms with E-state index in [0.29, 0.717) is 22.4 Å². The fourth-order valence-corrected chi connectivity index (χ4v) is 5.64. The highest BCUT2D eigenvalue weighted by atomic mass is 35.5. The maximum absolute atomic E-state index is 12.8. The number of carbonyl (C=O) groups excluding carboxylic acids is 1. The Morgan fingerprint density at radius 2 is 1.71 bits per heavy atom. The van der Waals surface area contributed by atoms with E-state index in [9.17, 15) is 9.90 Å². The van der Waals surface area contributed by atoms with Gasteiger partial charge in [0, 0.05) is 31.9 Å². The van der Waals surface area contributed by atoms with Crippen LogP contribution in [0.4, 0.5) is 11.4 Å². The molecule has 1 amide bonds. The van der Waals surface area contributed by atoms with E-state index in [-0.39, 0.29) is 12.3 Å². The third kappa shape index (κ3) is 6.45. The van der Waals surface area contributed by atoms with Crippen molar-refractivity contribution >= 4 is 28.9 Å². The standard InChI is InChI=1S/C28H38ClN3O2/c1-2-31-14-16-32(17-15-31)26-12-11-23(20-25(26)29)30-28(34)19-21-10-13-27(33)24(18-21)22-8-6-4-3-5-7-9-22/h10-13,18,20,22,33H,2-9,14-17,19H2,1H3,(H,30,34). The predicted molar refractivity (Wildman–Crippen MR) is 141 cm³/mol. The number of carbonyl (C=O) groups is 1. The average molecular weight is 484 g/mol. The molecule has 1 saturated heterocycles. The summed E-state index contributed by atoms with van der Waals surface area (Å²) in [5.74, 6) is 0.667. The highest BCUT2D eigenvalue weighted by molar-refractivity contribution is 6.33. The first-order chi connectivity index (χ1) is 16.5. The van der Waals surface area contributed by atoms with Crippen LogP contribution < -0.4 is 10.2 Å². The average Bonchev–Trinajstić information content (AvgIpc) is 2.81. The van der Waals surface area contributed by atoms with Crippen LogP contribution in [0.25, 0.3) is 0 Å². The smallest absolute Gasteiger partial charge is 0.228 e. The Bertz CT molecular complexity index is 964. The number of phenolic OH excluding ortho intramolecular Hbond substituents is 1. The normalized spacial score (nSPS) is 18.4. The molecule has 184 valence electrons.